The molecule has 1 N–H and O–H groups in total. The van der Waals surface area contributed by atoms with Crippen LogP contribution in [0.15, 0.2) is 42.5 Å². The largest absolute Gasteiger partial charge is 0.444 e. The van der Waals surface area contributed by atoms with Crippen LogP contribution in [0.3, 0.4) is 0 Å². The summed E-state index contributed by atoms with van der Waals surface area (Å²) in [4.78, 5) is 44.0. The van der Waals surface area contributed by atoms with E-state index in [-0.39, 0.29) is 35.5 Å². The van der Waals surface area contributed by atoms with Gasteiger partial charge in [0, 0.05) is 37.2 Å². The average Bonchev–Trinajstić information content (AvgIpc) is 2.89. The van der Waals surface area contributed by atoms with E-state index >= 15 is 0 Å². The molecule has 2 amide bonds. The van der Waals surface area contributed by atoms with Crippen molar-refractivity contribution in [3.63, 3.8) is 0 Å². The molecule has 0 saturated carbocycles. The van der Waals surface area contributed by atoms with Crippen LogP contribution in [-0.2, 0) is 9.47 Å². The van der Waals surface area contributed by atoms with Gasteiger partial charge in [0.25, 0.3) is 5.91 Å². The van der Waals surface area contributed by atoms with Gasteiger partial charge in [-0.3, -0.25) is 9.59 Å². The van der Waals surface area contributed by atoms with E-state index in [4.69, 9.17) is 9.47 Å². The third-order valence-corrected chi connectivity index (χ3v) is 6.34. The van der Waals surface area contributed by atoms with Crippen molar-refractivity contribution in [1.82, 2.24) is 15.2 Å². The summed E-state index contributed by atoms with van der Waals surface area (Å²) < 4.78 is 11.3. The summed E-state index contributed by atoms with van der Waals surface area (Å²) in [5.74, 6) is -0.400. The van der Waals surface area contributed by atoms with E-state index in [1.165, 1.54) is 0 Å². The molecule has 1 aliphatic heterocycles. The Kier molecular flexibility index (Phi) is 9.80. The topological polar surface area (TPSA) is 97.8 Å². The van der Waals surface area contributed by atoms with Crippen LogP contribution in [0.25, 0.3) is 0 Å². The Morgan fingerprint density at radius 2 is 1.89 bits per heavy atom. The Hall–Kier alpha value is -3.26. The molecule has 0 bridgehead atoms. The molecule has 200 valence electrons. The lowest BCUT2D eigenvalue weighted by Crippen LogP contribution is -2.47. The number of amides is 2. The maximum Gasteiger partial charge on any atom is 0.410 e. The number of nitrogens with one attached hydrogen (secondary N) is 1. The minimum Gasteiger partial charge on any atom is -0.444 e. The molecule has 2 heterocycles. The lowest BCUT2D eigenvalue weighted by atomic mass is 9.94. The van der Waals surface area contributed by atoms with Gasteiger partial charge in [-0.1, -0.05) is 43.7 Å². The molecule has 3 rings (SSSR count). The molecular formula is C29H39N3O5. The highest BCUT2D eigenvalue weighted by atomic mass is 16.6. The van der Waals surface area contributed by atoms with Crippen LogP contribution < -0.4 is 5.32 Å². The molecule has 0 radical (unpaired) electrons. The van der Waals surface area contributed by atoms with E-state index in [1.54, 1.807) is 24.1 Å². The number of carbonyl (C=O) groups is 3. The summed E-state index contributed by atoms with van der Waals surface area (Å²) in [6.45, 7) is 9.06. The van der Waals surface area contributed by atoms with Crippen LogP contribution >= 0.6 is 0 Å². The van der Waals surface area contributed by atoms with E-state index in [9.17, 15) is 14.4 Å². The van der Waals surface area contributed by atoms with E-state index in [0.717, 1.165) is 18.4 Å². The fourth-order valence-electron chi connectivity index (χ4n) is 4.28. The van der Waals surface area contributed by atoms with Crippen LogP contribution in [-0.4, -0.2) is 66.1 Å². The van der Waals surface area contributed by atoms with E-state index < -0.39 is 5.60 Å². The second kappa shape index (κ2) is 12.8. The monoisotopic (exact) mass is 509 g/mol. The third kappa shape index (κ3) is 8.39. The molecule has 0 unspecified atom stereocenters. The number of Topliss-reactive ketones (excluding diaryl/α,β-unsaturated/α-hetero) is 1. The molecule has 8 nitrogen and oxygen atoms in total. The molecular weight excluding hydrogens is 470 g/mol. The zero-order valence-electron chi connectivity index (χ0n) is 22.6. The van der Waals surface area contributed by atoms with Crippen LogP contribution in [0.5, 0.6) is 0 Å². The van der Waals surface area contributed by atoms with Gasteiger partial charge in [-0.2, -0.15) is 0 Å². The quantitative estimate of drug-likeness (QED) is 0.379. The van der Waals surface area contributed by atoms with Gasteiger partial charge in [-0.15, -0.1) is 0 Å². The normalized spacial score (nSPS) is 16.7. The SMILES string of the molecule is CNC(=O)c1cc(C(=O)CCCC[C@H]2CN(C(=O)OC(C)(C)C)CCO2)cc([C@H](C)c2ccccc2)n1. The van der Waals surface area contributed by atoms with Gasteiger partial charge in [0.05, 0.1) is 19.3 Å². The van der Waals surface area contributed by atoms with Gasteiger partial charge in [0.2, 0.25) is 0 Å². The number of morpholine rings is 1. The summed E-state index contributed by atoms with van der Waals surface area (Å²) >= 11 is 0. The van der Waals surface area contributed by atoms with Gasteiger partial charge >= 0.3 is 6.09 Å². The summed E-state index contributed by atoms with van der Waals surface area (Å²) in [5, 5.41) is 2.60. The first-order valence-corrected chi connectivity index (χ1v) is 13.0. The summed E-state index contributed by atoms with van der Waals surface area (Å²) in [6.07, 6.45) is 2.20. The number of unbranched alkanes of at least 4 members (excludes halogenated alkanes) is 1. The first-order chi connectivity index (χ1) is 17.6. The number of hydrogen-bond acceptors (Lipinski definition) is 6. The van der Waals surface area contributed by atoms with Crippen molar-refractivity contribution in [2.24, 2.45) is 0 Å². The maximum atomic E-state index is 13.1. The second-order valence-electron chi connectivity index (χ2n) is 10.5. The highest BCUT2D eigenvalue weighted by Crippen LogP contribution is 2.25. The molecule has 1 aliphatic rings. The molecule has 1 fully saturated rings. The Balaban J connectivity index is 1.58. The number of pyridine rings is 1. The first-order valence-electron chi connectivity index (χ1n) is 13.0. The van der Waals surface area contributed by atoms with E-state index in [2.05, 4.69) is 10.3 Å². The number of carbonyl (C=O) groups excluding carboxylic acids is 3. The summed E-state index contributed by atoms with van der Waals surface area (Å²) in [5.41, 5.74) is 1.96. The molecule has 0 spiro atoms. The molecule has 8 heteroatoms. The van der Waals surface area contributed by atoms with Gasteiger partial charge < -0.3 is 19.7 Å². The predicted molar refractivity (Wildman–Crippen MR) is 142 cm³/mol. The van der Waals surface area contributed by atoms with Crippen LogP contribution in [0, 0.1) is 0 Å². The fourth-order valence-corrected chi connectivity index (χ4v) is 4.28. The van der Waals surface area contributed by atoms with Crippen molar-refractivity contribution in [3.8, 4) is 0 Å². The van der Waals surface area contributed by atoms with Crippen molar-refractivity contribution >= 4 is 17.8 Å². The molecule has 1 aromatic carbocycles. The summed E-state index contributed by atoms with van der Waals surface area (Å²) in [7, 11) is 1.55. The van der Waals surface area contributed by atoms with Crippen molar-refractivity contribution < 1.29 is 23.9 Å². The highest BCUT2D eigenvalue weighted by molar-refractivity contribution is 5.99. The van der Waals surface area contributed by atoms with Crippen molar-refractivity contribution in [2.75, 3.05) is 26.7 Å². The predicted octanol–water partition coefficient (Wildman–Crippen LogP) is 4.97. The summed E-state index contributed by atoms with van der Waals surface area (Å²) in [6, 6.07) is 13.3. The molecule has 2 atom stereocenters. The second-order valence-corrected chi connectivity index (χ2v) is 10.5. The highest BCUT2D eigenvalue weighted by Gasteiger charge is 2.28. The Bertz CT molecular complexity index is 1080. The molecule has 1 aromatic heterocycles. The maximum absolute atomic E-state index is 13.1. The minimum atomic E-state index is -0.533. The number of hydrogen-bond donors (Lipinski definition) is 1. The molecule has 1 saturated heterocycles. The minimum absolute atomic E-state index is 0.0194. The number of ether oxygens (including phenoxy) is 2. The van der Waals surface area contributed by atoms with Crippen LogP contribution in [0.1, 0.15) is 91.4 Å². The number of nitrogens with zero attached hydrogens (tertiary/aromatic N) is 2. The number of benzene rings is 1. The van der Waals surface area contributed by atoms with Crippen LogP contribution in [0.2, 0.25) is 0 Å². The van der Waals surface area contributed by atoms with Gasteiger partial charge in [-0.05, 0) is 51.3 Å². The lowest BCUT2D eigenvalue weighted by molar-refractivity contribution is -0.0451. The van der Waals surface area contributed by atoms with Crippen molar-refractivity contribution in [1.29, 1.82) is 0 Å². The Morgan fingerprint density at radius 3 is 2.57 bits per heavy atom. The average molecular weight is 510 g/mol. The standard InChI is InChI=1S/C29H39N3O5/c1-20(21-11-7-6-8-12-21)24-17-22(18-25(31-24)27(34)30-5)26(33)14-10-9-13-23-19-32(15-16-36-23)28(35)37-29(2,3)4/h6-8,11-12,17-18,20,23H,9-10,13-16,19H2,1-5H3,(H,30,34)/t20-,23+/m1/s1. The Morgan fingerprint density at radius 1 is 1.16 bits per heavy atom. The number of aromatic nitrogens is 1. The number of ketones is 1. The molecule has 2 aromatic rings. The molecule has 0 aliphatic carbocycles. The van der Waals surface area contributed by atoms with Gasteiger partial charge in [0.15, 0.2) is 5.78 Å². The fraction of sp³-hybridized carbons (Fsp3) is 0.517. The smallest absolute Gasteiger partial charge is 0.410 e. The van der Waals surface area contributed by atoms with Crippen LogP contribution in [0.4, 0.5) is 4.79 Å². The van der Waals surface area contributed by atoms with Gasteiger partial charge in [0.1, 0.15) is 11.3 Å². The zero-order valence-corrected chi connectivity index (χ0v) is 22.6. The van der Waals surface area contributed by atoms with E-state index in [1.807, 2.05) is 58.0 Å². The van der Waals surface area contributed by atoms with Crippen molar-refractivity contribution in [2.45, 2.75) is 71.0 Å². The van der Waals surface area contributed by atoms with Gasteiger partial charge in [-0.25, -0.2) is 9.78 Å². The van der Waals surface area contributed by atoms with E-state index in [0.29, 0.717) is 43.8 Å². The lowest BCUT2D eigenvalue weighted by Gasteiger charge is -2.34. The van der Waals surface area contributed by atoms with Crippen molar-refractivity contribution in [3.05, 3.63) is 65.0 Å². The Labute approximate surface area is 219 Å². The number of rotatable bonds is 9. The first kappa shape index (κ1) is 28.3. The third-order valence-electron chi connectivity index (χ3n) is 6.34. The zero-order chi connectivity index (χ0) is 27.0. The molecule has 37 heavy (non-hydrogen) atoms.